The van der Waals surface area contributed by atoms with Gasteiger partial charge in [-0.3, -0.25) is 4.79 Å². The molecule has 3 aromatic rings. The molecule has 27 heavy (non-hydrogen) atoms. The molecule has 2 heterocycles. The van der Waals surface area contributed by atoms with Crippen LogP contribution in [0.25, 0.3) is 17.0 Å². The minimum absolute atomic E-state index is 0.0509. The number of fused-ring (bicyclic) bond motifs is 1. The van der Waals surface area contributed by atoms with Crippen molar-refractivity contribution in [2.75, 3.05) is 11.4 Å². The van der Waals surface area contributed by atoms with Crippen molar-refractivity contribution in [1.82, 2.24) is 9.61 Å². The van der Waals surface area contributed by atoms with Crippen molar-refractivity contribution >= 4 is 40.5 Å². The second kappa shape index (κ2) is 7.56. The summed E-state index contributed by atoms with van der Waals surface area (Å²) in [6.07, 6.45) is 0.838. The van der Waals surface area contributed by atoms with E-state index in [0.29, 0.717) is 28.1 Å². The van der Waals surface area contributed by atoms with Gasteiger partial charge in [-0.25, -0.2) is 0 Å². The van der Waals surface area contributed by atoms with Crippen LogP contribution < -0.4 is 4.90 Å². The van der Waals surface area contributed by atoms with Crippen LogP contribution in [-0.4, -0.2) is 22.1 Å². The van der Waals surface area contributed by atoms with E-state index in [4.69, 9.17) is 27.6 Å². The summed E-state index contributed by atoms with van der Waals surface area (Å²) in [6, 6.07) is 5.32. The van der Waals surface area contributed by atoms with Crippen LogP contribution in [0.5, 0.6) is 0 Å². The van der Waals surface area contributed by atoms with Crippen LogP contribution in [0.2, 0.25) is 10.0 Å². The first-order chi connectivity index (χ1) is 12.8. The highest BCUT2D eigenvalue weighted by Crippen LogP contribution is 2.38. The van der Waals surface area contributed by atoms with Crippen LogP contribution in [0, 0.1) is 19.8 Å². The number of hydrogen-bond donors (Lipinski definition) is 0. The number of nitrogens with zero attached hydrogens (tertiary/aromatic N) is 3. The van der Waals surface area contributed by atoms with Crippen molar-refractivity contribution in [3.8, 4) is 11.3 Å². The Morgan fingerprint density at radius 2 is 2.00 bits per heavy atom. The predicted octanol–water partition coefficient (Wildman–Crippen LogP) is 5.92. The Morgan fingerprint density at radius 1 is 1.30 bits per heavy atom. The summed E-state index contributed by atoms with van der Waals surface area (Å²) in [5.74, 6) is 0.610. The van der Waals surface area contributed by atoms with Crippen LogP contribution in [0.1, 0.15) is 38.6 Å². The van der Waals surface area contributed by atoms with E-state index in [1.165, 1.54) is 0 Å². The largest absolute Gasteiger partial charge is 0.439 e. The highest BCUT2D eigenvalue weighted by atomic mass is 35.5. The Balaban J connectivity index is 2.23. The van der Waals surface area contributed by atoms with E-state index in [0.717, 1.165) is 29.1 Å². The molecule has 144 valence electrons. The fourth-order valence-electron chi connectivity index (χ4n) is 3.25. The predicted molar refractivity (Wildman–Crippen MR) is 110 cm³/mol. The zero-order valence-electron chi connectivity index (χ0n) is 16.1. The number of anilines is 1. The molecule has 0 fully saturated rings. The van der Waals surface area contributed by atoms with Gasteiger partial charge >= 0.3 is 0 Å². The number of amides is 1. The molecule has 0 atom stereocenters. The van der Waals surface area contributed by atoms with Gasteiger partial charge < -0.3 is 9.32 Å². The average molecular weight is 408 g/mol. The summed E-state index contributed by atoms with van der Waals surface area (Å²) in [5, 5.41) is 5.74. The highest BCUT2D eigenvalue weighted by Gasteiger charge is 2.28. The van der Waals surface area contributed by atoms with Gasteiger partial charge in [0.1, 0.15) is 17.1 Å². The van der Waals surface area contributed by atoms with Crippen molar-refractivity contribution < 1.29 is 9.21 Å². The van der Waals surface area contributed by atoms with Crippen molar-refractivity contribution in [3.05, 3.63) is 39.7 Å². The molecule has 0 spiro atoms. The molecule has 0 aliphatic rings. The van der Waals surface area contributed by atoms with E-state index in [2.05, 4.69) is 5.10 Å². The molecule has 7 heteroatoms. The Morgan fingerprint density at radius 3 is 2.59 bits per heavy atom. The first-order valence-electron chi connectivity index (χ1n) is 9.01. The first-order valence-corrected chi connectivity index (χ1v) is 9.77. The molecule has 2 aromatic heterocycles. The van der Waals surface area contributed by atoms with Gasteiger partial charge in [-0.15, -0.1) is 0 Å². The third-order valence-corrected chi connectivity index (χ3v) is 4.99. The smallest absolute Gasteiger partial charge is 0.247 e. The number of aryl methyl sites for hydroxylation is 2. The second-order valence-corrected chi connectivity index (χ2v) is 7.77. The third-order valence-electron chi connectivity index (χ3n) is 4.45. The van der Waals surface area contributed by atoms with E-state index in [9.17, 15) is 4.79 Å². The lowest BCUT2D eigenvalue weighted by Crippen LogP contribution is -2.35. The topological polar surface area (TPSA) is 50.8 Å². The van der Waals surface area contributed by atoms with E-state index in [1.807, 2.05) is 40.7 Å². The average Bonchev–Trinajstić information content (AvgIpc) is 3.06. The lowest BCUT2D eigenvalue weighted by Gasteiger charge is -2.23. The second-order valence-electron chi connectivity index (χ2n) is 6.93. The van der Waals surface area contributed by atoms with Crippen molar-refractivity contribution in [2.24, 2.45) is 5.92 Å². The molecule has 0 aliphatic heterocycles. The Bertz CT molecular complexity index is 1000. The Labute approximate surface area is 168 Å². The van der Waals surface area contributed by atoms with Crippen molar-refractivity contribution in [1.29, 1.82) is 0 Å². The zero-order valence-corrected chi connectivity index (χ0v) is 17.6. The Hall–Kier alpha value is -1.98. The van der Waals surface area contributed by atoms with Gasteiger partial charge in [0.15, 0.2) is 0 Å². The maximum absolute atomic E-state index is 12.8. The molecule has 0 unspecified atom stereocenters. The minimum atomic E-state index is -0.118. The van der Waals surface area contributed by atoms with Gasteiger partial charge in [-0.1, -0.05) is 44.0 Å². The SMILES string of the molecule is CCCN(C(=O)C(C)C)c1c(C)nn2c(-c3ccc(Cl)cc3Cl)c(C)oc12. The molecule has 0 aliphatic carbocycles. The van der Waals surface area contributed by atoms with Crippen molar-refractivity contribution in [2.45, 2.75) is 41.0 Å². The standard InChI is InChI=1S/C20H23Cl2N3O2/c1-6-9-24(19(26)11(2)3)17-12(4)23-25-18(13(5)27-20(17)25)15-8-7-14(21)10-16(15)22/h7-8,10-11H,6,9H2,1-5H3. The maximum atomic E-state index is 12.8. The molecule has 0 radical (unpaired) electrons. The maximum Gasteiger partial charge on any atom is 0.247 e. The third kappa shape index (κ3) is 3.46. The number of aromatic nitrogens is 2. The molecule has 1 aromatic carbocycles. The van der Waals surface area contributed by atoms with Crippen LogP contribution in [-0.2, 0) is 4.79 Å². The summed E-state index contributed by atoms with van der Waals surface area (Å²) in [5.41, 5.74) is 3.55. The molecule has 0 bridgehead atoms. The molecule has 0 saturated heterocycles. The number of rotatable bonds is 5. The summed E-state index contributed by atoms with van der Waals surface area (Å²) < 4.78 is 7.79. The number of carbonyl (C=O) groups excluding carboxylic acids is 1. The zero-order chi connectivity index (χ0) is 19.9. The Kier molecular flexibility index (Phi) is 5.54. The minimum Gasteiger partial charge on any atom is -0.439 e. The van der Waals surface area contributed by atoms with E-state index >= 15 is 0 Å². The number of halogens is 2. The molecule has 3 rings (SSSR count). The quantitative estimate of drug-likeness (QED) is 0.527. The fourth-order valence-corrected chi connectivity index (χ4v) is 3.74. The lowest BCUT2D eigenvalue weighted by atomic mass is 10.1. The molecule has 0 saturated carbocycles. The molecular weight excluding hydrogens is 385 g/mol. The van der Waals surface area contributed by atoms with Crippen LogP contribution in [0.4, 0.5) is 5.69 Å². The number of benzene rings is 1. The highest BCUT2D eigenvalue weighted by molar-refractivity contribution is 6.36. The summed E-state index contributed by atoms with van der Waals surface area (Å²) >= 11 is 12.4. The fraction of sp³-hybridized carbons (Fsp3) is 0.400. The van der Waals surface area contributed by atoms with Gasteiger partial charge in [0.25, 0.3) is 0 Å². The van der Waals surface area contributed by atoms with E-state index < -0.39 is 0 Å². The summed E-state index contributed by atoms with van der Waals surface area (Å²) in [4.78, 5) is 14.6. The summed E-state index contributed by atoms with van der Waals surface area (Å²) in [6.45, 7) is 10.2. The lowest BCUT2D eigenvalue weighted by molar-refractivity contribution is -0.121. The van der Waals surface area contributed by atoms with Crippen LogP contribution in [0.15, 0.2) is 22.6 Å². The monoisotopic (exact) mass is 407 g/mol. The molecule has 0 N–H and O–H groups in total. The number of carbonyl (C=O) groups is 1. The normalized spacial score (nSPS) is 11.6. The van der Waals surface area contributed by atoms with Crippen LogP contribution >= 0.6 is 23.2 Å². The number of oxazole rings is 1. The molecule has 1 amide bonds. The van der Waals surface area contributed by atoms with Gasteiger partial charge in [-0.05, 0) is 38.5 Å². The van der Waals surface area contributed by atoms with Gasteiger partial charge in [-0.2, -0.15) is 9.61 Å². The van der Waals surface area contributed by atoms with E-state index in [1.54, 1.807) is 21.5 Å². The summed E-state index contributed by atoms with van der Waals surface area (Å²) in [7, 11) is 0. The van der Waals surface area contributed by atoms with Crippen LogP contribution in [0.3, 0.4) is 0 Å². The van der Waals surface area contributed by atoms with Gasteiger partial charge in [0, 0.05) is 23.0 Å². The van der Waals surface area contributed by atoms with Gasteiger partial charge in [0.05, 0.1) is 10.7 Å². The molecular formula is C20H23Cl2N3O2. The molecule has 5 nitrogen and oxygen atoms in total. The van der Waals surface area contributed by atoms with Crippen molar-refractivity contribution in [3.63, 3.8) is 0 Å². The van der Waals surface area contributed by atoms with Gasteiger partial charge in [0.2, 0.25) is 11.6 Å². The van der Waals surface area contributed by atoms with E-state index in [-0.39, 0.29) is 11.8 Å². The number of hydrogen-bond acceptors (Lipinski definition) is 3. The first kappa shape index (κ1) is 19.8.